The molecule has 0 aromatic heterocycles. The molecule has 31 heavy (non-hydrogen) atoms. The lowest BCUT2D eigenvalue weighted by atomic mass is 9.43. The van der Waals surface area contributed by atoms with E-state index in [-0.39, 0.29) is 24.5 Å². The highest BCUT2D eigenvalue weighted by Crippen LogP contribution is 2.75. The van der Waals surface area contributed by atoms with Crippen LogP contribution in [-0.4, -0.2) is 56.2 Å². The van der Waals surface area contributed by atoms with E-state index in [0.717, 1.165) is 5.57 Å². The molecule has 170 valence electrons. The summed E-state index contributed by atoms with van der Waals surface area (Å²) in [5.74, 6) is -2.75. The van der Waals surface area contributed by atoms with Crippen molar-refractivity contribution < 1.29 is 34.1 Å². The maximum Gasteiger partial charge on any atom is 0.375 e. The molecule has 1 unspecified atom stereocenters. The second-order valence-electron chi connectivity index (χ2n) is 10.5. The molecule has 1 heterocycles. The van der Waals surface area contributed by atoms with Gasteiger partial charge in [-0.1, -0.05) is 19.4 Å². The van der Waals surface area contributed by atoms with Gasteiger partial charge in [0.15, 0.2) is 12.1 Å². The van der Waals surface area contributed by atoms with E-state index in [9.17, 15) is 24.6 Å². The predicted octanol–water partition coefficient (Wildman–Crippen LogP) is 2.76. The minimum atomic E-state index is -1.56. The number of carbonyl (C=O) groups is 3. The van der Waals surface area contributed by atoms with Crippen LogP contribution in [0.4, 0.5) is 0 Å². The fraction of sp³-hybridized carbons (Fsp3) is 0.783. The third-order valence-corrected chi connectivity index (χ3v) is 10.5. The summed E-state index contributed by atoms with van der Waals surface area (Å²) in [4.78, 5) is 35.8. The van der Waals surface area contributed by atoms with Crippen molar-refractivity contribution in [1.29, 1.82) is 0 Å². The monoisotopic (exact) mass is 452 g/mol. The van der Waals surface area contributed by atoms with Gasteiger partial charge in [-0.25, -0.2) is 4.79 Å². The number of halogens is 1. The topological polar surface area (TPSA) is 110 Å². The highest BCUT2D eigenvalue weighted by Gasteiger charge is 2.83. The summed E-state index contributed by atoms with van der Waals surface area (Å²) in [5, 5.41) is 21.2. The van der Waals surface area contributed by atoms with Gasteiger partial charge in [0.2, 0.25) is 0 Å². The molecule has 2 bridgehead atoms. The molecular formula is C23H29ClO7. The Morgan fingerprint density at radius 3 is 2.55 bits per heavy atom. The quantitative estimate of drug-likeness (QED) is 0.489. The molecule has 0 radical (unpaired) electrons. The number of ketones is 2. The maximum atomic E-state index is 13.0. The van der Waals surface area contributed by atoms with Crippen molar-refractivity contribution in [3.05, 3.63) is 11.6 Å². The van der Waals surface area contributed by atoms with Crippen LogP contribution in [0.15, 0.2) is 11.6 Å². The number of aliphatic carboxylic acids is 1. The highest BCUT2D eigenvalue weighted by molar-refractivity contribution is 6.36. The van der Waals surface area contributed by atoms with Crippen LogP contribution in [0.3, 0.4) is 0 Å². The van der Waals surface area contributed by atoms with Crippen LogP contribution < -0.4 is 0 Å². The number of Topliss-reactive ketones (excluding diaryl/α,β-unsaturated/α-hetero) is 1. The Bertz CT molecular complexity index is 931. The Kier molecular flexibility index (Phi) is 4.30. The maximum absolute atomic E-state index is 13.0. The summed E-state index contributed by atoms with van der Waals surface area (Å²) in [6.45, 7) is 5.54. The highest BCUT2D eigenvalue weighted by atomic mass is 35.5. The van der Waals surface area contributed by atoms with Gasteiger partial charge in [-0.05, 0) is 51.5 Å². The van der Waals surface area contributed by atoms with E-state index in [2.05, 4.69) is 0 Å². The van der Waals surface area contributed by atoms with Crippen LogP contribution in [0.1, 0.15) is 65.7 Å². The molecule has 8 atom stereocenters. The van der Waals surface area contributed by atoms with E-state index in [4.69, 9.17) is 21.1 Å². The molecule has 4 aliphatic carbocycles. The van der Waals surface area contributed by atoms with Gasteiger partial charge in [0.1, 0.15) is 5.60 Å². The summed E-state index contributed by atoms with van der Waals surface area (Å²) in [5.41, 5.74) is -3.11. The zero-order valence-corrected chi connectivity index (χ0v) is 18.8. The molecule has 4 fully saturated rings. The Morgan fingerprint density at radius 2 is 1.87 bits per heavy atom. The van der Waals surface area contributed by atoms with E-state index in [1.807, 2.05) is 13.8 Å². The van der Waals surface area contributed by atoms with Gasteiger partial charge < -0.3 is 19.7 Å². The molecule has 5 aliphatic rings. The molecule has 7 nitrogen and oxygen atoms in total. The molecule has 5 rings (SSSR count). The number of aliphatic hydroxyl groups is 1. The minimum absolute atomic E-state index is 0.0855. The molecule has 8 heteroatoms. The van der Waals surface area contributed by atoms with Gasteiger partial charge >= 0.3 is 5.97 Å². The average molecular weight is 453 g/mol. The van der Waals surface area contributed by atoms with Crippen LogP contribution in [0.25, 0.3) is 0 Å². The van der Waals surface area contributed by atoms with E-state index < -0.39 is 51.1 Å². The molecular weight excluding hydrogens is 424 g/mol. The van der Waals surface area contributed by atoms with Crippen molar-refractivity contribution in [2.24, 2.45) is 16.7 Å². The number of rotatable bonds is 2. The van der Waals surface area contributed by atoms with Gasteiger partial charge in [-0.3, -0.25) is 9.59 Å². The number of ether oxygens (including phenoxy) is 2. The van der Waals surface area contributed by atoms with E-state index >= 15 is 0 Å². The van der Waals surface area contributed by atoms with Gasteiger partial charge in [-0.15, -0.1) is 11.6 Å². The molecule has 0 aromatic rings. The Hall–Kier alpha value is -1.28. The van der Waals surface area contributed by atoms with Crippen molar-refractivity contribution in [2.45, 2.75) is 94.2 Å². The van der Waals surface area contributed by atoms with Crippen LogP contribution in [0, 0.1) is 16.7 Å². The number of carbonyl (C=O) groups excluding carboxylic acids is 2. The predicted molar refractivity (Wildman–Crippen MR) is 109 cm³/mol. The van der Waals surface area contributed by atoms with Crippen molar-refractivity contribution in [3.63, 3.8) is 0 Å². The lowest BCUT2D eigenvalue weighted by Crippen LogP contribution is -2.78. The molecule has 2 N–H and O–H groups in total. The molecule has 1 aliphatic heterocycles. The Morgan fingerprint density at radius 1 is 1.16 bits per heavy atom. The third kappa shape index (κ3) is 2.19. The summed E-state index contributed by atoms with van der Waals surface area (Å²) in [6, 6.07) is 0. The van der Waals surface area contributed by atoms with Crippen LogP contribution in [0.5, 0.6) is 0 Å². The van der Waals surface area contributed by atoms with Gasteiger partial charge in [-0.2, -0.15) is 0 Å². The number of carboxylic acid groups (broad SMARTS) is 1. The minimum Gasteiger partial charge on any atom is -0.475 e. The summed E-state index contributed by atoms with van der Waals surface area (Å²) in [6.07, 6.45) is 2.83. The first-order chi connectivity index (χ1) is 14.4. The Balaban J connectivity index is 1.70. The van der Waals surface area contributed by atoms with Gasteiger partial charge in [0, 0.05) is 23.2 Å². The second kappa shape index (κ2) is 6.19. The lowest BCUT2D eigenvalue weighted by molar-refractivity contribution is -0.369. The van der Waals surface area contributed by atoms with Crippen molar-refractivity contribution >= 4 is 29.1 Å². The number of hydrogen-bond donors (Lipinski definition) is 2. The molecule has 0 aromatic carbocycles. The fourth-order valence-electron chi connectivity index (χ4n) is 8.15. The summed E-state index contributed by atoms with van der Waals surface area (Å²) in [7, 11) is 0. The van der Waals surface area contributed by atoms with E-state index in [1.165, 1.54) is 0 Å². The number of hydrogen-bond acceptors (Lipinski definition) is 6. The van der Waals surface area contributed by atoms with Crippen LogP contribution in [0.2, 0.25) is 0 Å². The summed E-state index contributed by atoms with van der Waals surface area (Å²) < 4.78 is 12.5. The van der Waals surface area contributed by atoms with E-state index in [1.54, 1.807) is 13.0 Å². The zero-order valence-electron chi connectivity index (χ0n) is 18.1. The molecule has 3 saturated carbocycles. The number of carboxylic acids is 1. The van der Waals surface area contributed by atoms with Crippen molar-refractivity contribution in [2.75, 3.05) is 0 Å². The van der Waals surface area contributed by atoms with Gasteiger partial charge in [0.05, 0.1) is 16.6 Å². The second-order valence-corrected chi connectivity index (χ2v) is 11.2. The smallest absolute Gasteiger partial charge is 0.375 e. The zero-order chi connectivity index (χ0) is 22.6. The van der Waals surface area contributed by atoms with E-state index in [0.29, 0.717) is 32.1 Å². The van der Waals surface area contributed by atoms with Crippen LogP contribution >= 0.6 is 11.6 Å². The molecule has 0 amide bonds. The third-order valence-electron chi connectivity index (χ3n) is 9.60. The van der Waals surface area contributed by atoms with Crippen molar-refractivity contribution in [3.8, 4) is 0 Å². The first-order valence-electron chi connectivity index (χ1n) is 11.1. The number of aliphatic hydroxyl groups excluding tert-OH is 1. The van der Waals surface area contributed by atoms with Crippen molar-refractivity contribution in [1.82, 2.24) is 0 Å². The average Bonchev–Trinajstić information content (AvgIpc) is 2.82. The normalized spacial score (nSPS) is 53.1. The van der Waals surface area contributed by atoms with Crippen LogP contribution in [-0.2, 0) is 23.9 Å². The molecule has 1 saturated heterocycles. The fourth-order valence-corrected chi connectivity index (χ4v) is 8.73. The standard InChI is InChI=1S/C23H29ClO7/c1-12-30-21-8-9-22(31-12,17(27)18(28)29)20(21,3)11-16(26)23(24)15(21)5-4-13-10-14(25)6-7-19(13,23)2/h10,12,15-16,26H,4-9,11H2,1-3H3,(H,28,29)/t12?,15-,16-,19-,20-,21+,22+,23-/m0/s1. The molecule has 0 spiro atoms. The van der Waals surface area contributed by atoms with Gasteiger partial charge in [0.25, 0.3) is 5.78 Å². The number of fused-ring (bicyclic) bond motifs is 3. The SMILES string of the molecule is CC1O[C@@]2(C(=O)C(=O)O)CC[C@@]3(O1)[C@@H]1CCC4=CC(=O)CC[C@]4(C)[C@@]1(Cl)[C@@H](O)C[C@]23C. The lowest BCUT2D eigenvalue weighted by Gasteiger charge is -2.70. The Labute approximate surface area is 186 Å². The number of allylic oxidation sites excluding steroid dienone is 1. The largest absolute Gasteiger partial charge is 0.475 e. The number of alkyl halides is 1. The summed E-state index contributed by atoms with van der Waals surface area (Å²) >= 11 is 7.47. The first-order valence-corrected chi connectivity index (χ1v) is 11.5. The first kappa shape index (κ1) is 21.6.